The summed E-state index contributed by atoms with van der Waals surface area (Å²) in [6.07, 6.45) is 0. The summed E-state index contributed by atoms with van der Waals surface area (Å²) in [6.45, 7) is 2.26. The number of nitrogens with zero attached hydrogens (tertiary/aromatic N) is 5. The van der Waals surface area contributed by atoms with E-state index in [9.17, 15) is 0 Å². The molecule has 4 heterocycles. The van der Waals surface area contributed by atoms with Gasteiger partial charge >= 0.3 is 0 Å². The lowest BCUT2D eigenvalue weighted by molar-refractivity contribution is 1.16. The van der Waals surface area contributed by atoms with Crippen molar-refractivity contribution >= 4 is 79.0 Å². The molecule has 0 N–H and O–H groups in total. The van der Waals surface area contributed by atoms with Gasteiger partial charge < -0.3 is 14.4 Å². The number of aromatic nitrogens is 3. The topological polar surface area (TPSA) is 37.2 Å². The van der Waals surface area contributed by atoms with Crippen LogP contribution in [0.3, 0.4) is 0 Å². The van der Waals surface area contributed by atoms with E-state index < -0.39 is 0 Å². The molecule has 0 saturated carbocycles. The molecule has 0 radical (unpaired) electrons. The lowest BCUT2D eigenvalue weighted by Crippen LogP contribution is -2.61. The molecule has 13 aromatic rings. The summed E-state index contributed by atoms with van der Waals surface area (Å²) in [4.78, 5) is 15.5. The first-order valence-corrected chi connectivity index (χ1v) is 26.4. The smallest absolute Gasteiger partial charge is 0.252 e. The van der Waals surface area contributed by atoms with Crippen LogP contribution < -0.4 is 26.2 Å². The van der Waals surface area contributed by atoms with Crippen LogP contribution in [-0.2, 0) is 0 Å². The van der Waals surface area contributed by atoms with Gasteiger partial charge in [0.05, 0.1) is 28.1 Å². The standard InChI is InChI=1S/C71H48BN5/c1-47-35-41-65-58(43-47)56-27-11-14-30-63(56)77(65)64-42-40-53(71-73-61(50-19-5-2-6-20-50)46-62(74-71)51-21-7-3-8-22-51)45-57(64)49-38-36-48(37-39-49)52-23-17-26-55(44-52)76-67-32-16-13-29-60(67)72-59-28-12-15-31-66(59)75(54-24-9-4-10-25-54)68-33-18-34-69(76)70(68)72/h2-46H,1H3. The molecule has 0 unspecified atom stereocenters. The molecule has 0 bridgehead atoms. The lowest BCUT2D eigenvalue weighted by Gasteiger charge is -2.44. The van der Waals surface area contributed by atoms with Gasteiger partial charge in [0, 0.05) is 67.2 Å². The zero-order valence-corrected chi connectivity index (χ0v) is 42.3. The van der Waals surface area contributed by atoms with E-state index in [1.54, 1.807) is 0 Å². The molecule has 11 aromatic carbocycles. The first-order chi connectivity index (χ1) is 38.1. The highest BCUT2D eigenvalue weighted by atomic mass is 15.2. The molecule has 0 aliphatic carbocycles. The second kappa shape index (κ2) is 18.1. The van der Waals surface area contributed by atoms with E-state index in [4.69, 9.17) is 9.97 Å². The molecule has 15 rings (SSSR count). The zero-order chi connectivity index (χ0) is 51.0. The van der Waals surface area contributed by atoms with E-state index in [1.165, 1.54) is 55.5 Å². The van der Waals surface area contributed by atoms with Crippen molar-refractivity contribution in [1.82, 2.24) is 14.5 Å². The second-order valence-electron chi connectivity index (χ2n) is 20.2. The fourth-order valence-corrected chi connectivity index (χ4v) is 12.2. The quantitative estimate of drug-likeness (QED) is 0.142. The fourth-order valence-electron chi connectivity index (χ4n) is 12.2. The van der Waals surface area contributed by atoms with Crippen molar-refractivity contribution in [3.8, 4) is 61.8 Å². The van der Waals surface area contributed by atoms with Crippen LogP contribution in [-0.4, -0.2) is 21.2 Å². The number of aryl methyl sites for hydroxylation is 1. The van der Waals surface area contributed by atoms with Crippen LogP contribution in [0.4, 0.5) is 34.1 Å². The van der Waals surface area contributed by atoms with Gasteiger partial charge in [0.25, 0.3) is 6.71 Å². The van der Waals surface area contributed by atoms with Crippen LogP contribution in [0.25, 0.3) is 83.6 Å². The Bertz CT molecular complexity index is 4360. The molecule has 6 heteroatoms. The average Bonchev–Trinajstić information content (AvgIpc) is 3.86. The van der Waals surface area contributed by atoms with E-state index >= 15 is 0 Å². The van der Waals surface area contributed by atoms with Gasteiger partial charge in [0.15, 0.2) is 5.82 Å². The van der Waals surface area contributed by atoms with Crippen molar-refractivity contribution in [3.63, 3.8) is 0 Å². The Morgan fingerprint density at radius 2 is 0.844 bits per heavy atom. The molecule has 0 amide bonds. The lowest BCUT2D eigenvalue weighted by atomic mass is 9.33. The van der Waals surface area contributed by atoms with E-state index in [2.05, 4.69) is 282 Å². The molecule has 0 fully saturated rings. The number of benzene rings is 11. The summed E-state index contributed by atoms with van der Waals surface area (Å²) in [5, 5.41) is 2.46. The maximum Gasteiger partial charge on any atom is 0.252 e. The predicted octanol–water partition coefficient (Wildman–Crippen LogP) is 16.3. The minimum Gasteiger partial charge on any atom is -0.311 e. The van der Waals surface area contributed by atoms with Gasteiger partial charge in [-0.1, -0.05) is 188 Å². The SMILES string of the molecule is Cc1ccc2c(c1)c1ccccc1n2-c1ccc(-c2nc(-c3ccccc3)cc(-c3ccccc3)n2)cc1-c1ccc(-c2cccc(N3c4ccccc4B4c5ccccc5N(c5ccccc5)c5cccc3c54)c2)cc1. The Kier molecular flexibility index (Phi) is 10.5. The van der Waals surface area contributed by atoms with Gasteiger partial charge in [-0.3, -0.25) is 0 Å². The molecule has 2 aromatic heterocycles. The Morgan fingerprint density at radius 1 is 0.325 bits per heavy atom. The average molecular weight is 982 g/mol. The van der Waals surface area contributed by atoms with Crippen LogP contribution in [0.5, 0.6) is 0 Å². The largest absolute Gasteiger partial charge is 0.311 e. The normalized spacial score (nSPS) is 12.4. The third-order valence-electron chi connectivity index (χ3n) is 15.6. The molecular formula is C71H48BN5. The van der Waals surface area contributed by atoms with Crippen molar-refractivity contribution in [2.75, 3.05) is 9.80 Å². The Morgan fingerprint density at radius 3 is 1.53 bits per heavy atom. The summed E-state index contributed by atoms with van der Waals surface area (Å²) in [6, 6.07) is 98.8. The maximum absolute atomic E-state index is 5.29. The molecular weight excluding hydrogens is 934 g/mol. The minimum absolute atomic E-state index is 0.0841. The Balaban J connectivity index is 0.868. The minimum atomic E-state index is 0.0841. The van der Waals surface area contributed by atoms with Crippen LogP contribution in [0, 0.1) is 6.92 Å². The van der Waals surface area contributed by atoms with Gasteiger partial charge in [0.1, 0.15) is 0 Å². The van der Waals surface area contributed by atoms with Gasteiger partial charge in [-0.2, -0.15) is 0 Å². The second-order valence-corrected chi connectivity index (χ2v) is 20.2. The van der Waals surface area contributed by atoms with Crippen LogP contribution >= 0.6 is 0 Å². The highest BCUT2D eigenvalue weighted by molar-refractivity contribution is 7.00. The third-order valence-corrected chi connectivity index (χ3v) is 15.6. The first-order valence-electron chi connectivity index (χ1n) is 26.4. The Labute approximate surface area is 448 Å². The van der Waals surface area contributed by atoms with Crippen molar-refractivity contribution in [2.24, 2.45) is 0 Å². The molecule has 0 atom stereocenters. The van der Waals surface area contributed by atoms with Crippen molar-refractivity contribution in [2.45, 2.75) is 6.92 Å². The highest BCUT2D eigenvalue weighted by Crippen LogP contribution is 2.45. The highest BCUT2D eigenvalue weighted by Gasteiger charge is 2.42. The molecule has 77 heavy (non-hydrogen) atoms. The number of anilines is 6. The van der Waals surface area contributed by atoms with E-state index in [-0.39, 0.29) is 6.71 Å². The van der Waals surface area contributed by atoms with Crippen molar-refractivity contribution in [1.29, 1.82) is 0 Å². The van der Waals surface area contributed by atoms with Crippen LogP contribution in [0.15, 0.2) is 273 Å². The van der Waals surface area contributed by atoms with E-state index in [1.807, 2.05) is 12.1 Å². The fraction of sp³-hybridized carbons (Fsp3) is 0.0141. The van der Waals surface area contributed by atoms with Crippen LogP contribution in [0.2, 0.25) is 0 Å². The molecule has 0 spiro atoms. The molecule has 2 aliphatic rings. The molecule has 2 aliphatic heterocycles. The summed E-state index contributed by atoms with van der Waals surface area (Å²) in [7, 11) is 0. The number of hydrogen-bond donors (Lipinski definition) is 0. The van der Waals surface area contributed by atoms with Gasteiger partial charge in [0.2, 0.25) is 0 Å². The number of hydrogen-bond acceptors (Lipinski definition) is 4. The number of rotatable bonds is 8. The van der Waals surface area contributed by atoms with E-state index in [0.29, 0.717) is 5.82 Å². The maximum atomic E-state index is 5.29. The van der Waals surface area contributed by atoms with Crippen molar-refractivity contribution < 1.29 is 0 Å². The van der Waals surface area contributed by atoms with Gasteiger partial charge in [-0.05, 0) is 131 Å². The summed E-state index contributed by atoms with van der Waals surface area (Å²) in [5.41, 5.74) is 24.9. The molecule has 0 saturated heterocycles. The summed E-state index contributed by atoms with van der Waals surface area (Å²) in [5.74, 6) is 0.673. The van der Waals surface area contributed by atoms with Crippen LogP contribution in [0.1, 0.15) is 5.56 Å². The first kappa shape index (κ1) is 44.5. The zero-order valence-electron chi connectivity index (χ0n) is 42.3. The monoisotopic (exact) mass is 981 g/mol. The predicted molar refractivity (Wildman–Crippen MR) is 322 cm³/mol. The Hall–Kier alpha value is -10.0. The summed E-state index contributed by atoms with van der Waals surface area (Å²) < 4.78 is 2.43. The number of fused-ring (bicyclic) bond motifs is 7. The van der Waals surface area contributed by atoms with Gasteiger partial charge in [-0.25, -0.2) is 9.97 Å². The van der Waals surface area contributed by atoms with E-state index in [0.717, 1.165) is 78.4 Å². The third kappa shape index (κ3) is 7.40. The van der Waals surface area contributed by atoms with Crippen molar-refractivity contribution in [3.05, 3.63) is 279 Å². The van der Waals surface area contributed by atoms with Gasteiger partial charge in [-0.15, -0.1) is 0 Å². The molecule has 360 valence electrons. The molecule has 5 nitrogen and oxygen atoms in total. The summed E-state index contributed by atoms with van der Waals surface area (Å²) >= 11 is 0. The number of para-hydroxylation sites is 4.